The van der Waals surface area contributed by atoms with Crippen molar-refractivity contribution in [1.82, 2.24) is 14.8 Å². The van der Waals surface area contributed by atoms with Gasteiger partial charge in [-0.05, 0) is 6.07 Å². The smallest absolute Gasteiger partial charge is 0.264 e. The number of hydrogen-bond donors (Lipinski definition) is 2. The molecule has 104 valence electrons. The lowest BCUT2D eigenvalue weighted by molar-refractivity contribution is 0.350. The Balaban J connectivity index is 2.29. The van der Waals surface area contributed by atoms with Crippen LogP contribution in [0, 0.1) is 11.8 Å². The van der Waals surface area contributed by atoms with Gasteiger partial charge in [-0.3, -0.25) is 14.4 Å². The summed E-state index contributed by atoms with van der Waals surface area (Å²) in [4.78, 5) is 3.80. The number of hydrogen-bond acceptors (Lipinski definition) is 5. The molecule has 2 aromatic heterocycles. The number of aryl methyl sites for hydroxylation is 1. The Morgan fingerprint density at radius 1 is 1.45 bits per heavy atom. The predicted octanol–water partition coefficient (Wildman–Crippen LogP) is -0.0403. The van der Waals surface area contributed by atoms with Gasteiger partial charge >= 0.3 is 0 Å². The summed E-state index contributed by atoms with van der Waals surface area (Å²) in [6, 6.07) is 2.92. The SMILES string of the molecule is Cn1ccc(NS(=O)(=O)c2cncc(C#CCO)c2)n1. The summed E-state index contributed by atoms with van der Waals surface area (Å²) < 4.78 is 28.1. The van der Waals surface area contributed by atoms with Gasteiger partial charge in [0.2, 0.25) is 0 Å². The van der Waals surface area contributed by atoms with Gasteiger partial charge in [0, 0.05) is 37.3 Å². The fraction of sp³-hybridized carbons (Fsp3) is 0.167. The van der Waals surface area contributed by atoms with Crippen LogP contribution < -0.4 is 4.72 Å². The number of aliphatic hydroxyl groups is 1. The van der Waals surface area contributed by atoms with E-state index in [1.165, 1.54) is 23.1 Å². The molecule has 2 rings (SSSR count). The Bertz CT molecular complexity index is 771. The highest BCUT2D eigenvalue weighted by Gasteiger charge is 2.16. The molecule has 2 heterocycles. The van der Waals surface area contributed by atoms with Gasteiger partial charge < -0.3 is 5.11 Å². The number of pyridine rings is 1. The Hall–Kier alpha value is -2.37. The molecule has 0 aliphatic rings. The van der Waals surface area contributed by atoms with Gasteiger partial charge in [0.15, 0.2) is 5.82 Å². The third-order valence-corrected chi connectivity index (χ3v) is 3.61. The molecular weight excluding hydrogens is 280 g/mol. The third-order valence-electron chi connectivity index (χ3n) is 2.29. The molecule has 0 saturated heterocycles. The molecule has 0 atom stereocenters. The first-order valence-corrected chi connectivity index (χ1v) is 7.07. The molecule has 7 nitrogen and oxygen atoms in total. The number of nitrogens with one attached hydrogen (secondary N) is 1. The molecule has 0 bridgehead atoms. The lowest BCUT2D eigenvalue weighted by atomic mass is 10.3. The van der Waals surface area contributed by atoms with Gasteiger partial charge in [0.05, 0.1) is 0 Å². The summed E-state index contributed by atoms with van der Waals surface area (Å²) in [5.74, 6) is 5.25. The van der Waals surface area contributed by atoms with Crippen LogP contribution in [-0.2, 0) is 17.1 Å². The molecular formula is C12H12N4O3S. The Morgan fingerprint density at radius 2 is 2.25 bits per heavy atom. The van der Waals surface area contributed by atoms with Crippen LogP contribution in [0.25, 0.3) is 0 Å². The first kappa shape index (κ1) is 14.0. The fourth-order valence-electron chi connectivity index (χ4n) is 1.44. The largest absolute Gasteiger partial charge is 0.384 e. The van der Waals surface area contributed by atoms with E-state index in [4.69, 9.17) is 5.11 Å². The van der Waals surface area contributed by atoms with E-state index in [1.807, 2.05) is 0 Å². The standard InChI is InChI=1S/C12H12N4O3S/c1-16-5-4-12(14-16)15-20(18,19)11-7-10(3-2-6-17)8-13-9-11/h4-5,7-9,17H,6H2,1H3,(H,14,15). The lowest BCUT2D eigenvalue weighted by Crippen LogP contribution is -2.14. The first-order valence-electron chi connectivity index (χ1n) is 5.58. The second-order valence-electron chi connectivity index (χ2n) is 3.85. The molecule has 20 heavy (non-hydrogen) atoms. The van der Waals surface area contributed by atoms with E-state index in [2.05, 4.69) is 26.6 Å². The van der Waals surface area contributed by atoms with E-state index >= 15 is 0 Å². The number of rotatable bonds is 3. The van der Waals surface area contributed by atoms with E-state index in [1.54, 1.807) is 19.3 Å². The number of nitrogens with zero attached hydrogens (tertiary/aromatic N) is 3. The van der Waals surface area contributed by atoms with Crippen LogP contribution >= 0.6 is 0 Å². The molecule has 0 radical (unpaired) electrons. The molecule has 2 N–H and O–H groups in total. The molecule has 0 fully saturated rings. The topological polar surface area (TPSA) is 97.1 Å². The third kappa shape index (κ3) is 3.34. The van der Waals surface area contributed by atoms with Gasteiger partial charge in [-0.1, -0.05) is 11.8 Å². The van der Waals surface area contributed by atoms with Gasteiger partial charge in [-0.2, -0.15) is 5.10 Å². The molecule has 0 spiro atoms. The Morgan fingerprint density at radius 3 is 2.90 bits per heavy atom. The van der Waals surface area contributed by atoms with Crippen molar-refractivity contribution in [3.63, 3.8) is 0 Å². The molecule has 8 heteroatoms. The molecule has 0 aliphatic heterocycles. The van der Waals surface area contributed by atoms with Crippen LogP contribution in [0.2, 0.25) is 0 Å². The van der Waals surface area contributed by atoms with E-state index in [0.29, 0.717) is 5.56 Å². The highest BCUT2D eigenvalue weighted by atomic mass is 32.2. The zero-order valence-corrected chi connectivity index (χ0v) is 11.4. The zero-order chi connectivity index (χ0) is 14.6. The molecule has 0 aromatic carbocycles. The van der Waals surface area contributed by atoms with Crippen molar-refractivity contribution in [2.45, 2.75) is 4.90 Å². The second-order valence-corrected chi connectivity index (χ2v) is 5.53. The summed E-state index contributed by atoms with van der Waals surface area (Å²) in [6.07, 6.45) is 4.26. The van der Waals surface area contributed by atoms with E-state index in [0.717, 1.165) is 0 Å². The van der Waals surface area contributed by atoms with Gasteiger partial charge in [0.1, 0.15) is 11.5 Å². The maximum atomic E-state index is 12.1. The van der Waals surface area contributed by atoms with Crippen molar-refractivity contribution in [2.75, 3.05) is 11.3 Å². The highest BCUT2D eigenvalue weighted by molar-refractivity contribution is 7.92. The van der Waals surface area contributed by atoms with E-state index in [9.17, 15) is 8.42 Å². The summed E-state index contributed by atoms with van der Waals surface area (Å²) in [7, 11) is -2.08. The summed E-state index contributed by atoms with van der Waals surface area (Å²) in [5, 5.41) is 12.6. The molecule has 2 aromatic rings. The van der Waals surface area contributed by atoms with Crippen LogP contribution in [0.3, 0.4) is 0 Å². The fourth-order valence-corrected chi connectivity index (χ4v) is 2.43. The van der Waals surface area contributed by atoms with Gasteiger partial charge in [0.25, 0.3) is 10.0 Å². The van der Waals surface area contributed by atoms with Gasteiger partial charge in [-0.15, -0.1) is 0 Å². The summed E-state index contributed by atoms with van der Waals surface area (Å²) in [5.41, 5.74) is 0.406. The normalized spacial score (nSPS) is 10.7. The minimum Gasteiger partial charge on any atom is -0.384 e. The van der Waals surface area contributed by atoms with E-state index in [-0.39, 0.29) is 17.3 Å². The van der Waals surface area contributed by atoms with Crippen LogP contribution in [-0.4, -0.2) is 34.9 Å². The number of anilines is 1. The van der Waals surface area contributed by atoms with Gasteiger partial charge in [-0.25, -0.2) is 8.42 Å². The first-order chi connectivity index (χ1) is 9.51. The number of aliphatic hydroxyl groups excluding tert-OH is 1. The maximum Gasteiger partial charge on any atom is 0.264 e. The number of sulfonamides is 1. The number of aromatic nitrogens is 3. The Kier molecular flexibility index (Phi) is 4.02. The van der Waals surface area contributed by atoms with Crippen LogP contribution in [0.15, 0.2) is 35.6 Å². The molecule has 0 amide bonds. The quantitative estimate of drug-likeness (QED) is 0.774. The van der Waals surface area contributed by atoms with Crippen molar-refractivity contribution in [2.24, 2.45) is 7.05 Å². The minimum atomic E-state index is -3.77. The van der Waals surface area contributed by atoms with Crippen molar-refractivity contribution < 1.29 is 13.5 Å². The summed E-state index contributed by atoms with van der Waals surface area (Å²) in [6.45, 7) is -0.302. The Labute approximate surface area is 116 Å². The van der Waals surface area contributed by atoms with Crippen LogP contribution in [0.4, 0.5) is 5.82 Å². The van der Waals surface area contributed by atoms with Crippen LogP contribution in [0.1, 0.15) is 5.56 Å². The lowest BCUT2D eigenvalue weighted by Gasteiger charge is -2.05. The van der Waals surface area contributed by atoms with Crippen molar-refractivity contribution in [1.29, 1.82) is 0 Å². The minimum absolute atomic E-state index is 0.0205. The second kappa shape index (κ2) is 5.73. The molecule has 0 aliphatic carbocycles. The van der Waals surface area contributed by atoms with Crippen molar-refractivity contribution in [3.8, 4) is 11.8 Å². The molecule has 0 unspecified atom stereocenters. The maximum absolute atomic E-state index is 12.1. The van der Waals surface area contributed by atoms with Crippen molar-refractivity contribution >= 4 is 15.8 Å². The predicted molar refractivity (Wildman–Crippen MR) is 72.2 cm³/mol. The van der Waals surface area contributed by atoms with Crippen molar-refractivity contribution in [3.05, 3.63) is 36.3 Å². The molecule has 0 saturated carbocycles. The zero-order valence-electron chi connectivity index (χ0n) is 10.6. The van der Waals surface area contributed by atoms with Crippen LogP contribution in [0.5, 0.6) is 0 Å². The highest BCUT2D eigenvalue weighted by Crippen LogP contribution is 2.14. The average molecular weight is 292 g/mol. The monoisotopic (exact) mass is 292 g/mol. The summed E-state index contributed by atoms with van der Waals surface area (Å²) >= 11 is 0. The van der Waals surface area contributed by atoms with E-state index < -0.39 is 10.0 Å². The average Bonchev–Trinajstić information content (AvgIpc) is 2.81.